The molecule has 0 spiro atoms. The zero-order valence-corrected chi connectivity index (χ0v) is 14.1. The molecular formula is C18H22N4O2. The minimum Gasteiger partial charge on any atom is -0.508 e. The molecule has 0 aliphatic rings. The van der Waals surface area contributed by atoms with Crippen LogP contribution in [0.1, 0.15) is 28.5 Å². The van der Waals surface area contributed by atoms with Gasteiger partial charge >= 0.3 is 0 Å². The number of aliphatic hydroxyl groups is 1. The zero-order valence-electron chi connectivity index (χ0n) is 14.1. The van der Waals surface area contributed by atoms with Gasteiger partial charge in [-0.15, -0.1) is 0 Å². The number of aromatic amines is 1. The third-order valence-electron chi connectivity index (χ3n) is 4.20. The Labute approximate surface area is 140 Å². The number of benzene rings is 1. The van der Waals surface area contributed by atoms with Gasteiger partial charge < -0.3 is 10.2 Å². The number of hydrogen-bond donors (Lipinski definition) is 3. The second kappa shape index (κ2) is 6.59. The average Bonchev–Trinajstić information content (AvgIpc) is 2.91. The molecule has 1 atom stereocenters. The molecule has 2 aromatic heterocycles. The molecule has 24 heavy (non-hydrogen) atoms. The normalized spacial score (nSPS) is 12.9. The number of fused-ring (bicyclic) bond motifs is 1. The summed E-state index contributed by atoms with van der Waals surface area (Å²) in [6.07, 6.45) is 1.21. The lowest BCUT2D eigenvalue weighted by atomic mass is 10.1. The summed E-state index contributed by atoms with van der Waals surface area (Å²) < 4.78 is 0. The van der Waals surface area contributed by atoms with Gasteiger partial charge in [0.15, 0.2) is 5.65 Å². The van der Waals surface area contributed by atoms with Crippen molar-refractivity contribution in [2.24, 2.45) is 0 Å². The molecule has 6 nitrogen and oxygen atoms in total. The predicted octanol–water partition coefficient (Wildman–Crippen LogP) is 2.45. The summed E-state index contributed by atoms with van der Waals surface area (Å²) in [6.45, 7) is 4.97. The number of rotatable bonds is 5. The fourth-order valence-corrected chi connectivity index (χ4v) is 2.81. The van der Waals surface area contributed by atoms with Crippen molar-refractivity contribution >= 4 is 11.0 Å². The molecule has 0 aliphatic carbocycles. The fraction of sp³-hybridized carbons (Fsp3) is 0.333. The van der Waals surface area contributed by atoms with Gasteiger partial charge in [0, 0.05) is 30.4 Å². The lowest BCUT2D eigenvalue weighted by Gasteiger charge is -2.21. The molecule has 0 amide bonds. The number of pyridine rings is 1. The lowest BCUT2D eigenvalue weighted by Crippen LogP contribution is -2.24. The van der Waals surface area contributed by atoms with E-state index >= 15 is 0 Å². The van der Waals surface area contributed by atoms with Crippen molar-refractivity contribution in [1.82, 2.24) is 20.1 Å². The molecule has 3 aromatic rings. The number of nitrogens with one attached hydrogen (secondary N) is 1. The highest BCUT2D eigenvalue weighted by Gasteiger charge is 2.13. The number of likely N-dealkylation sites (N-methyl/N-ethyl adjacent to an activating group) is 1. The monoisotopic (exact) mass is 326 g/mol. The number of aromatic nitrogens is 3. The van der Waals surface area contributed by atoms with Crippen LogP contribution in [0, 0.1) is 13.8 Å². The summed E-state index contributed by atoms with van der Waals surface area (Å²) in [5.74, 6) is 0.245. The highest BCUT2D eigenvalue weighted by molar-refractivity contribution is 5.77. The number of aliphatic hydroxyl groups excluding tert-OH is 1. The molecule has 3 N–H and O–H groups in total. The first-order valence-corrected chi connectivity index (χ1v) is 7.90. The van der Waals surface area contributed by atoms with E-state index in [1.807, 2.05) is 38.1 Å². The molecule has 1 unspecified atom stereocenters. The number of H-pyrrole nitrogens is 1. The van der Waals surface area contributed by atoms with Crippen LogP contribution in [0.5, 0.6) is 5.75 Å². The number of aryl methyl sites for hydroxylation is 2. The quantitative estimate of drug-likeness (QED) is 0.670. The summed E-state index contributed by atoms with van der Waals surface area (Å²) in [6, 6.07) is 7.27. The van der Waals surface area contributed by atoms with E-state index in [9.17, 15) is 10.2 Å². The first kappa shape index (κ1) is 16.4. The van der Waals surface area contributed by atoms with Gasteiger partial charge in [0.2, 0.25) is 0 Å². The first-order chi connectivity index (χ1) is 11.4. The minimum absolute atomic E-state index is 0.245. The molecule has 6 heteroatoms. The second-order valence-electron chi connectivity index (χ2n) is 6.32. The van der Waals surface area contributed by atoms with E-state index < -0.39 is 6.10 Å². The van der Waals surface area contributed by atoms with Crippen LogP contribution in [0.4, 0.5) is 0 Å². The summed E-state index contributed by atoms with van der Waals surface area (Å²) in [5, 5.41) is 28.1. The number of phenolic OH excluding ortho intramolecular Hbond substituents is 1. The third kappa shape index (κ3) is 3.39. The molecule has 0 saturated carbocycles. The Balaban J connectivity index is 1.68. The lowest BCUT2D eigenvalue weighted by molar-refractivity contribution is 0.123. The van der Waals surface area contributed by atoms with E-state index in [2.05, 4.69) is 21.2 Å². The Hall–Kier alpha value is -2.44. The summed E-state index contributed by atoms with van der Waals surface area (Å²) in [7, 11) is 1.96. The molecule has 2 heterocycles. The third-order valence-corrected chi connectivity index (χ3v) is 4.20. The van der Waals surface area contributed by atoms with Crippen molar-refractivity contribution in [1.29, 1.82) is 0 Å². The van der Waals surface area contributed by atoms with Crippen molar-refractivity contribution < 1.29 is 10.2 Å². The second-order valence-corrected chi connectivity index (χ2v) is 6.32. The largest absolute Gasteiger partial charge is 0.508 e. The average molecular weight is 326 g/mol. The van der Waals surface area contributed by atoms with Crippen molar-refractivity contribution in [3.05, 3.63) is 52.8 Å². The Bertz CT molecular complexity index is 859. The van der Waals surface area contributed by atoms with Crippen LogP contribution in [0.2, 0.25) is 0 Å². The van der Waals surface area contributed by atoms with Crippen LogP contribution >= 0.6 is 0 Å². The van der Waals surface area contributed by atoms with Crippen LogP contribution in [0.3, 0.4) is 0 Å². The van der Waals surface area contributed by atoms with E-state index in [1.165, 1.54) is 0 Å². The Kier molecular flexibility index (Phi) is 4.51. The Morgan fingerprint density at radius 2 is 2.04 bits per heavy atom. The maximum Gasteiger partial charge on any atom is 0.181 e. The molecule has 0 fully saturated rings. The van der Waals surface area contributed by atoms with Crippen LogP contribution < -0.4 is 0 Å². The SMILES string of the molecule is Cc1cc(C(O)CN(C)Cc2cnc3n[nH]c(C)c3c2)ccc1O. The maximum atomic E-state index is 10.4. The number of phenols is 1. The van der Waals surface area contributed by atoms with Crippen LogP contribution in [-0.2, 0) is 6.54 Å². The van der Waals surface area contributed by atoms with Gasteiger partial charge in [0.05, 0.1) is 6.10 Å². The number of hydrogen-bond acceptors (Lipinski definition) is 5. The van der Waals surface area contributed by atoms with Gasteiger partial charge in [-0.2, -0.15) is 5.10 Å². The maximum absolute atomic E-state index is 10.4. The number of aromatic hydroxyl groups is 1. The van der Waals surface area contributed by atoms with E-state index in [4.69, 9.17) is 0 Å². The highest BCUT2D eigenvalue weighted by atomic mass is 16.3. The minimum atomic E-state index is -0.610. The van der Waals surface area contributed by atoms with E-state index in [1.54, 1.807) is 12.1 Å². The molecule has 3 rings (SSSR count). The van der Waals surface area contributed by atoms with Gasteiger partial charge in [-0.25, -0.2) is 4.98 Å². The molecule has 0 saturated heterocycles. The standard InChI is InChI=1S/C18H22N4O2/c1-11-6-14(4-5-16(11)23)17(24)10-22(3)9-13-7-15-12(2)20-21-18(15)19-8-13/h4-8,17,23-24H,9-10H2,1-3H3,(H,19,20,21). The topological polar surface area (TPSA) is 85.3 Å². The van der Waals surface area contributed by atoms with Crippen LogP contribution in [-0.4, -0.2) is 43.9 Å². The predicted molar refractivity (Wildman–Crippen MR) is 92.8 cm³/mol. The van der Waals surface area contributed by atoms with Gasteiger partial charge in [0.1, 0.15) is 5.75 Å². The van der Waals surface area contributed by atoms with Crippen molar-refractivity contribution in [2.45, 2.75) is 26.5 Å². The van der Waals surface area contributed by atoms with Crippen molar-refractivity contribution in [3.63, 3.8) is 0 Å². The molecule has 126 valence electrons. The van der Waals surface area contributed by atoms with E-state index in [-0.39, 0.29) is 5.75 Å². The molecule has 0 aliphatic heterocycles. The summed E-state index contributed by atoms with van der Waals surface area (Å²) >= 11 is 0. The fourth-order valence-electron chi connectivity index (χ4n) is 2.81. The molecular weight excluding hydrogens is 304 g/mol. The molecule has 0 radical (unpaired) electrons. The van der Waals surface area contributed by atoms with Gasteiger partial charge in [-0.1, -0.05) is 6.07 Å². The van der Waals surface area contributed by atoms with Crippen molar-refractivity contribution in [3.8, 4) is 5.75 Å². The van der Waals surface area contributed by atoms with Gasteiger partial charge in [0.25, 0.3) is 0 Å². The first-order valence-electron chi connectivity index (χ1n) is 7.90. The van der Waals surface area contributed by atoms with Gasteiger partial charge in [-0.3, -0.25) is 10.00 Å². The Morgan fingerprint density at radius 3 is 2.79 bits per heavy atom. The van der Waals surface area contributed by atoms with Crippen LogP contribution in [0.25, 0.3) is 11.0 Å². The van der Waals surface area contributed by atoms with Crippen LogP contribution in [0.15, 0.2) is 30.5 Å². The molecule has 1 aromatic carbocycles. The molecule has 0 bridgehead atoms. The highest BCUT2D eigenvalue weighted by Crippen LogP contribution is 2.22. The summed E-state index contributed by atoms with van der Waals surface area (Å²) in [5.41, 5.74) is 4.36. The zero-order chi connectivity index (χ0) is 17.3. The smallest absolute Gasteiger partial charge is 0.181 e. The van der Waals surface area contributed by atoms with Gasteiger partial charge in [-0.05, 0) is 55.8 Å². The van der Waals surface area contributed by atoms with Crippen molar-refractivity contribution in [2.75, 3.05) is 13.6 Å². The van der Waals surface area contributed by atoms with E-state index in [0.29, 0.717) is 13.1 Å². The summed E-state index contributed by atoms with van der Waals surface area (Å²) in [4.78, 5) is 6.40. The van der Waals surface area contributed by atoms with E-state index in [0.717, 1.165) is 33.4 Å². The number of nitrogens with zero attached hydrogens (tertiary/aromatic N) is 3. The Morgan fingerprint density at radius 1 is 1.25 bits per heavy atom.